The summed E-state index contributed by atoms with van der Waals surface area (Å²) in [4.78, 5) is 14.8. The van der Waals surface area contributed by atoms with Gasteiger partial charge in [0.05, 0.1) is 0 Å². The predicted molar refractivity (Wildman–Crippen MR) is 92.8 cm³/mol. The van der Waals surface area contributed by atoms with Gasteiger partial charge in [-0.15, -0.1) is 0 Å². The first-order chi connectivity index (χ1) is 11.3. The molecule has 0 saturated carbocycles. The van der Waals surface area contributed by atoms with Gasteiger partial charge >= 0.3 is 0 Å². The van der Waals surface area contributed by atoms with E-state index in [1.54, 1.807) is 6.20 Å². The third-order valence-electron chi connectivity index (χ3n) is 3.69. The van der Waals surface area contributed by atoms with Crippen molar-refractivity contribution in [1.82, 2.24) is 4.98 Å². The van der Waals surface area contributed by atoms with Gasteiger partial charge in [-0.3, -0.25) is 9.78 Å². The van der Waals surface area contributed by atoms with Gasteiger partial charge in [0.2, 0.25) is 6.41 Å². The van der Waals surface area contributed by atoms with Crippen LogP contribution in [0.1, 0.15) is 22.6 Å². The van der Waals surface area contributed by atoms with Crippen LogP contribution >= 0.6 is 11.6 Å². The SMILES string of the molecule is O=CNc1ccc(C(c2ccc(Cl)cc2)c2cccnc2)cc1. The lowest BCUT2D eigenvalue weighted by Crippen LogP contribution is -2.04. The zero-order valence-electron chi connectivity index (χ0n) is 12.3. The van der Waals surface area contributed by atoms with Crippen LogP contribution in [-0.4, -0.2) is 11.4 Å². The summed E-state index contributed by atoms with van der Waals surface area (Å²) in [6.45, 7) is 0. The van der Waals surface area contributed by atoms with Crippen molar-refractivity contribution in [2.75, 3.05) is 5.32 Å². The summed E-state index contributed by atoms with van der Waals surface area (Å²) in [6.07, 6.45) is 4.31. The van der Waals surface area contributed by atoms with Gasteiger partial charge in [0.1, 0.15) is 0 Å². The van der Waals surface area contributed by atoms with E-state index < -0.39 is 0 Å². The molecule has 1 aromatic heterocycles. The molecule has 3 rings (SSSR count). The Morgan fingerprint density at radius 3 is 2.13 bits per heavy atom. The molecule has 23 heavy (non-hydrogen) atoms. The molecule has 1 unspecified atom stereocenters. The van der Waals surface area contributed by atoms with E-state index >= 15 is 0 Å². The molecule has 1 amide bonds. The third-order valence-corrected chi connectivity index (χ3v) is 3.94. The first kappa shape index (κ1) is 15.3. The van der Waals surface area contributed by atoms with Gasteiger partial charge in [-0.05, 0) is 47.0 Å². The lowest BCUT2D eigenvalue weighted by atomic mass is 9.86. The van der Waals surface area contributed by atoms with Crippen LogP contribution in [-0.2, 0) is 4.79 Å². The fraction of sp³-hybridized carbons (Fsp3) is 0.0526. The van der Waals surface area contributed by atoms with Crippen LogP contribution in [0.2, 0.25) is 5.02 Å². The average molecular weight is 323 g/mol. The highest BCUT2D eigenvalue weighted by Gasteiger charge is 2.16. The Hall–Kier alpha value is -2.65. The number of aromatic nitrogens is 1. The van der Waals surface area contributed by atoms with Crippen molar-refractivity contribution < 1.29 is 4.79 Å². The summed E-state index contributed by atoms with van der Waals surface area (Å²) in [5.41, 5.74) is 4.13. The zero-order valence-corrected chi connectivity index (χ0v) is 13.1. The molecule has 0 saturated heterocycles. The number of rotatable bonds is 5. The Bertz CT molecular complexity index is 771. The van der Waals surface area contributed by atoms with Crippen LogP contribution in [0.4, 0.5) is 5.69 Å². The number of amides is 1. The number of nitrogens with zero attached hydrogens (tertiary/aromatic N) is 1. The van der Waals surface area contributed by atoms with Gasteiger partial charge in [-0.1, -0.05) is 41.9 Å². The number of carbonyl (C=O) groups is 1. The van der Waals surface area contributed by atoms with Gasteiger partial charge in [0.25, 0.3) is 0 Å². The maximum Gasteiger partial charge on any atom is 0.211 e. The molecule has 0 aliphatic heterocycles. The first-order valence-electron chi connectivity index (χ1n) is 7.23. The standard InChI is InChI=1S/C19H15ClN2O/c20-17-7-3-14(4-8-17)19(16-2-1-11-21-12-16)15-5-9-18(10-6-15)22-13-23/h1-13,19H,(H,22,23). The second kappa shape index (κ2) is 7.07. The Morgan fingerprint density at radius 1 is 0.913 bits per heavy atom. The van der Waals surface area contributed by atoms with Crippen LogP contribution < -0.4 is 5.32 Å². The number of nitrogens with one attached hydrogen (secondary N) is 1. The number of carbonyl (C=O) groups excluding carboxylic acids is 1. The second-order valence-corrected chi connectivity index (χ2v) is 5.59. The molecule has 4 heteroatoms. The lowest BCUT2D eigenvalue weighted by molar-refractivity contribution is -0.105. The summed E-state index contributed by atoms with van der Waals surface area (Å²) in [7, 11) is 0. The van der Waals surface area contributed by atoms with Crippen LogP contribution in [0.3, 0.4) is 0 Å². The number of benzene rings is 2. The number of halogens is 1. The molecule has 114 valence electrons. The molecule has 2 aromatic carbocycles. The molecular weight excluding hydrogens is 308 g/mol. The van der Waals surface area contributed by atoms with Crippen molar-refractivity contribution in [2.24, 2.45) is 0 Å². The third kappa shape index (κ3) is 3.58. The minimum atomic E-state index is 0.0613. The minimum Gasteiger partial charge on any atom is -0.329 e. The monoisotopic (exact) mass is 322 g/mol. The van der Waals surface area contributed by atoms with Crippen LogP contribution in [0.15, 0.2) is 73.1 Å². The van der Waals surface area contributed by atoms with Gasteiger partial charge in [0.15, 0.2) is 0 Å². The van der Waals surface area contributed by atoms with E-state index in [2.05, 4.69) is 16.4 Å². The molecule has 0 aliphatic rings. The summed E-state index contributed by atoms with van der Waals surface area (Å²) >= 11 is 6.01. The Labute approximate surface area is 140 Å². The highest BCUT2D eigenvalue weighted by atomic mass is 35.5. The molecule has 3 aromatic rings. The van der Waals surface area contributed by atoms with Gasteiger partial charge in [-0.2, -0.15) is 0 Å². The van der Waals surface area contributed by atoms with E-state index in [0.29, 0.717) is 11.4 Å². The zero-order chi connectivity index (χ0) is 16.1. The molecule has 1 N–H and O–H groups in total. The highest BCUT2D eigenvalue weighted by molar-refractivity contribution is 6.30. The van der Waals surface area contributed by atoms with E-state index in [4.69, 9.17) is 11.6 Å². The molecule has 0 bridgehead atoms. The molecule has 1 atom stereocenters. The fourth-order valence-electron chi connectivity index (χ4n) is 2.62. The van der Waals surface area contributed by atoms with Crippen molar-refractivity contribution in [2.45, 2.75) is 5.92 Å². The first-order valence-corrected chi connectivity index (χ1v) is 7.61. The van der Waals surface area contributed by atoms with Crippen LogP contribution in [0.25, 0.3) is 0 Å². The van der Waals surface area contributed by atoms with Gasteiger partial charge in [-0.25, -0.2) is 0 Å². The van der Waals surface area contributed by atoms with Gasteiger partial charge in [0, 0.05) is 29.0 Å². The van der Waals surface area contributed by atoms with Crippen LogP contribution in [0, 0.1) is 0 Å². The summed E-state index contributed by atoms with van der Waals surface area (Å²) in [5, 5.41) is 3.36. The van der Waals surface area contributed by atoms with E-state index in [1.165, 1.54) is 0 Å². The number of pyridine rings is 1. The van der Waals surface area contributed by atoms with Crippen molar-refractivity contribution >= 4 is 23.7 Å². The molecule has 0 spiro atoms. The Balaban J connectivity index is 2.04. The highest BCUT2D eigenvalue weighted by Crippen LogP contribution is 2.32. The van der Waals surface area contributed by atoms with E-state index in [-0.39, 0.29) is 5.92 Å². The maximum atomic E-state index is 10.5. The molecule has 0 fully saturated rings. The normalized spacial score (nSPS) is 11.7. The Morgan fingerprint density at radius 2 is 1.57 bits per heavy atom. The number of hydrogen-bond acceptors (Lipinski definition) is 2. The maximum absolute atomic E-state index is 10.5. The van der Waals surface area contributed by atoms with Crippen molar-refractivity contribution in [3.05, 3.63) is 94.8 Å². The molecule has 1 heterocycles. The van der Waals surface area contributed by atoms with Gasteiger partial charge < -0.3 is 5.32 Å². The predicted octanol–water partition coefficient (Wildman–Crippen LogP) is 4.48. The van der Waals surface area contributed by atoms with Crippen molar-refractivity contribution in [3.8, 4) is 0 Å². The summed E-state index contributed by atoms with van der Waals surface area (Å²) in [6, 6.07) is 19.6. The summed E-state index contributed by atoms with van der Waals surface area (Å²) in [5.74, 6) is 0.0613. The smallest absolute Gasteiger partial charge is 0.211 e. The van der Waals surface area contributed by atoms with E-state index in [9.17, 15) is 4.79 Å². The molecule has 0 radical (unpaired) electrons. The molecular formula is C19H15ClN2O. The quantitative estimate of drug-likeness (QED) is 0.703. The lowest BCUT2D eigenvalue weighted by Gasteiger charge is -2.19. The summed E-state index contributed by atoms with van der Waals surface area (Å²) < 4.78 is 0. The number of hydrogen-bond donors (Lipinski definition) is 1. The van der Waals surface area contributed by atoms with Crippen molar-refractivity contribution in [3.63, 3.8) is 0 Å². The van der Waals surface area contributed by atoms with Crippen LogP contribution in [0.5, 0.6) is 0 Å². The molecule has 0 aliphatic carbocycles. The number of anilines is 1. The minimum absolute atomic E-state index is 0.0613. The molecule has 3 nitrogen and oxygen atoms in total. The largest absolute Gasteiger partial charge is 0.329 e. The second-order valence-electron chi connectivity index (χ2n) is 5.16. The fourth-order valence-corrected chi connectivity index (χ4v) is 2.75. The topological polar surface area (TPSA) is 42.0 Å². The van der Waals surface area contributed by atoms with E-state index in [0.717, 1.165) is 22.4 Å². The van der Waals surface area contributed by atoms with Crippen molar-refractivity contribution in [1.29, 1.82) is 0 Å². The van der Waals surface area contributed by atoms with E-state index in [1.807, 2.05) is 60.8 Å². The Kier molecular flexibility index (Phi) is 4.69. The average Bonchev–Trinajstić information content (AvgIpc) is 2.60.